The summed E-state index contributed by atoms with van der Waals surface area (Å²) in [5, 5.41) is 0. The lowest BCUT2D eigenvalue weighted by atomic mass is 9.86. The van der Waals surface area contributed by atoms with Crippen LogP contribution in [0.15, 0.2) is 54.6 Å². The van der Waals surface area contributed by atoms with Crippen molar-refractivity contribution in [1.29, 1.82) is 0 Å². The molecule has 4 aromatic carbocycles. The van der Waals surface area contributed by atoms with Crippen LogP contribution in [0.2, 0.25) is 0 Å². The minimum Gasteiger partial charge on any atom is -0.294 e. The average Bonchev–Trinajstić information content (AvgIpc) is 3.88. The average molecular weight is 971 g/mol. The van der Waals surface area contributed by atoms with Gasteiger partial charge in [0, 0.05) is 40.0 Å². The molecule has 4 nitrogen and oxygen atoms in total. The third kappa shape index (κ3) is 11.9. The number of carbonyl (C=O) groups is 4. The molecule has 7 aliphatic rings. The number of alkyl halides is 1. The molecule has 11 rings (SSSR count). The van der Waals surface area contributed by atoms with E-state index in [1.165, 1.54) is 145 Å². The molecule has 0 aliphatic heterocycles. The lowest BCUT2D eigenvalue weighted by Gasteiger charge is -2.19. The number of rotatable bonds is 2. The first-order valence-corrected chi connectivity index (χ1v) is 30.0. The molecule has 0 aromatic heterocycles. The smallest absolute Gasteiger partial charge is 0.294 e. The minimum atomic E-state index is -1.72. The molecule has 0 heterocycles. The van der Waals surface area contributed by atoms with Crippen molar-refractivity contribution in [2.75, 3.05) is 0 Å². The minimum absolute atomic E-state index is 0.0162. The molecule has 0 spiro atoms. The third-order valence-electron chi connectivity index (χ3n) is 14.7. The van der Waals surface area contributed by atoms with Gasteiger partial charge in [0.15, 0.2) is 23.1 Å². The Balaban J connectivity index is 0.000000126. The largest absolute Gasteiger partial charge is 0.643 e. The fourth-order valence-corrected chi connectivity index (χ4v) is 11.3. The van der Waals surface area contributed by atoms with Gasteiger partial charge in [-0.05, 0) is 209 Å². The van der Waals surface area contributed by atoms with Crippen molar-refractivity contribution < 1.29 is 19.2 Å². The quantitative estimate of drug-likeness (QED) is 0.114. The highest BCUT2D eigenvalue weighted by atomic mass is 35.8. The summed E-state index contributed by atoms with van der Waals surface area (Å²) >= 11 is 4.33. The van der Waals surface area contributed by atoms with Gasteiger partial charge in [-0.3, -0.25) is 19.2 Å². The number of hydrogen-bond donors (Lipinski definition) is 0. The standard InChI is InChI=1S/C14H17ClO.3C14H16O.Al.3ClH/c1-14(2,15)13(16)12-8-7-10-5-3-4-6-11(10)9-12;1-9-6-12-7-10-4-2-3-5-11(10)8-13(12)14(9)15;1-9-8-11-7-6-10-4-2-3-5-12(10)13(11)14(9)15;1-9-8-13-11-5-3-2-4-10(11)6-7-12(13)14(9)15;;;;/h7-9H,3-6H2,1-2H3;7-9H,2-6H2,1H3;2*6-7,9H,2-5,8H2,1H3;;3*1H/q;;;;+3;;;/p-3. The van der Waals surface area contributed by atoms with E-state index in [1.807, 2.05) is 19.1 Å². The molecule has 0 saturated carbocycles. The molecule has 9 heteroatoms. The molecule has 344 valence electrons. The molecule has 7 aliphatic carbocycles. The van der Waals surface area contributed by atoms with Gasteiger partial charge < -0.3 is 0 Å². The Bertz CT molecular complexity index is 2430. The zero-order valence-corrected chi connectivity index (χ0v) is 43.3. The van der Waals surface area contributed by atoms with Gasteiger partial charge in [-0.15, -0.1) is 11.6 Å². The van der Waals surface area contributed by atoms with E-state index in [4.69, 9.17) is 41.7 Å². The van der Waals surface area contributed by atoms with Crippen LogP contribution in [-0.4, -0.2) is 39.4 Å². The molecular weight excluding hydrogens is 905 g/mol. The van der Waals surface area contributed by atoms with E-state index in [2.05, 4.69) is 56.3 Å². The van der Waals surface area contributed by atoms with Gasteiger partial charge in [-0.2, -0.15) is 0 Å². The fourth-order valence-electron chi connectivity index (χ4n) is 11.2. The Kier molecular flexibility index (Phi) is 17.1. The highest BCUT2D eigenvalue weighted by molar-refractivity contribution is 7.54. The van der Waals surface area contributed by atoms with Crippen LogP contribution in [0.25, 0.3) is 0 Å². The Labute approximate surface area is 409 Å². The fraction of sp³-hybridized carbons (Fsp3) is 0.500. The van der Waals surface area contributed by atoms with Gasteiger partial charge in [0.25, 0.3) is 0 Å². The van der Waals surface area contributed by atoms with Crippen molar-refractivity contribution in [3.05, 3.63) is 138 Å². The first-order valence-electron chi connectivity index (χ1n) is 24.3. The van der Waals surface area contributed by atoms with Crippen LogP contribution >= 0.6 is 41.7 Å². The van der Waals surface area contributed by atoms with Crippen molar-refractivity contribution in [2.45, 2.75) is 161 Å². The maximum absolute atomic E-state index is 12.1. The van der Waals surface area contributed by atoms with Crippen molar-refractivity contribution in [3.63, 3.8) is 0 Å². The summed E-state index contributed by atoms with van der Waals surface area (Å²) in [6.07, 6.45) is 22.5. The number of benzene rings is 4. The van der Waals surface area contributed by atoms with Crippen LogP contribution in [0.5, 0.6) is 0 Å². The van der Waals surface area contributed by atoms with Gasteiger partial charge in [0.05, 0.1) is 0 Å². The summed E-state index contributed by atoms with van der Waals surface area (Å²) in [5.41, 5.74) is 19.4. The van der Waals surface area contributed by atoms with Crippen molar-refractivity contribution in [1.82, 2.24) is 0 Å². The van der Waals surface area contributed by atoms with Gasteiger partial charge >= 0.3 is 11.4 Å². The third-order valence-corrected chi connectivity index (χ3v) is 14.8. The molecule has 4 aromatic rings. The second-order valence-corrected chi connectivity index (χ2v) is 27.4. The summed E-state index contributed by atoms with van der Waals surface area (Å²) in [4.78, 5) is 47.1. The van der Waals surface area contributed by atoms with E-state index in [0.29, 0.717) is 17.3 Å². The van der Waals surface area contributed by atoms with Crippen LogP contribution in [0.3, 0.4) is 0 Å². The molecule has 0 bridgehead atoms. The number of fused-ring (bicyclic) bond motifs is 9. The Morgan fingerprint density at radius 3 is 1.54 bits per heavy atom. The normalized spacial score (nSPS) is 20.8. The predicted molar refractivity (Wildman–Crippen MR) is 272 cm³/mol. The second-order valence-electron chi connectivity index (χ2n) is 20.0. The molecule has 0 amide bonds. The number of carbonyl (C=O) groups excluding carboxylic acids is 4. The van der Waals surface area contributed by atoms with E-state index < -0.39 is 16.3 Å². The first kappa shape index (κ1) is 50.1. The Morgan fingerprint density at radius 1 is 0.477 bits per heavy atom. The number of ketones is 4. The van der Waals surface area contributed by atoms with Crippen molar-refractivity contribution in [2.24, 2.45) is 17.8 Å². The summed E-state index contributed by atoms with van der Waals surface area (Å²) in [6.45, 7) is 9.64. The summed E-state index contributed by atoms with van der Waals surface area (Å²) in [7, 11) is 14.8. The Morgan fingerprint density at radius 2 is 0.908 bits per heavy atom. The lowest BCUT2D eigenvalue weighted by Crippen LogP contribution is -2.25. The zero-order valence-electron chi connectivity index (χ0n) is 39.1. The number of aryl methyl sites for hydroxylation is 6. The van der Waals surface area contributed by atoms with Gasteiger partial charge in [-0.1, -0.05) is 63.2 Å². The number of hydrogen-bond acceptors (Lipinski definition) is 4. The van der Waals surface area contributed by atoms with Crippen LogP contribution in [0, 0.1) is 17.8 Å². The van der Waals surface area contributed by atoms with Crippen LogP contribution < -0.4 is 0 Å². The van der Waals surface area contributed by atoms with Crippen LogP contribution in [-0.2, 0) is 70.6 Å². The predicted octanol–water partition coefficient (Wildman–Crippen LogP) is 14.3. The summed E-state index contributed by atoms with van der Waals surface area (Å²) in [6, 6.07) is 19.2. The Hall–Kier alpha value is -2.75. The maximum atomic E-state index is 12.1. The van der Waals surface area contributed by atoms with E-state index in [0.717, 1.165) is 60.8 Å². The van der Waals surface area contributed by atoms with E-state index in [-0.39, 0.29) is 23.5 Å². The molecule has 0 fully saturated rings. The van der Waals surface area contributed by atoms with E-state index in [9.17, 15) is 19.2 Å². The number of Topliss-reactive ketones (excluding diaryl/α,β-unsaturated/α-hetero) is 4. The first-order chi connectivity index (χ1) is 31.0. The maximum Gasteiger partial charge on any atom is 0.643 e. The lowest BCUT2D eigenvalue weighted by molar-refractivity contribution is 0.0938. The van der Waals surface area contributed by atoms with Gasteiger partial charge in [-0.25, -0.2) is 30.1 Å². The van der Waals surface area contributed by atoms with Gasteiger partial charge in [0.2, 0.25) is 0 Å². The van der Waals surface area contributed by atoms with Crippen molar-refractivity contribution >= 4 is 76.3 Å². The molecular formula is C56H65AlCl4O4. The molecule has 0 radical (unpaired) electrons. The monoisotopic (exact) mass is 968 g/mol. The van der Waals surface area contributed by atoms with Crippen LogP contribution in [0.4, 0.5) is 0 Å². The number of halogens is 4. The zero-order chi connectivity index (χ0) is 46.6. The molecule has 0 saturated heterocycles. The van der Waals surface area contributed by atoms with E-state index >= 15 is 0 Å². The molecule has 65 heavy (non-hydrogen) atoms. The summed E-state index contributed by atoms with van der Waals surface area (Å²) < 4.78 is 0. The summed E-state index contributed by atoms with van der Waals surface area (Å²) in [5.74, 6) is 1.77. The SMILES string of the molecule is CC(C)(Cl)C(=O)c1ccc2c(c1)CCCC2.CC1Cc2c(ccc3c2CCCC3)C1=O.CC1Cc2cc3c(cc2C1=O)CCCC3.CC1Cc2ccc3c(c2C1=O)CCCC3.[Cl][Al]([Cl])[Cl]. The van der Waals surface area contributed by atoms with E-state index in [1.54, 1.807) is 13.8 Å². The molecule has 3 unspecified atom stereocenters. The van der Waals surface area contributed by atoms with Crippen molar-refractivity contribution in [3.8, 4) is 0 Å². The molecule has 3 atom stereocenters. The van der Waals surface area contributed by atoms with Gasteiger partial charge in [0.1, 0.15) is 4.87 Å². The highest BCUT2D eigenvalue weighted by Crippen LogP contribution is 2.37. The van der Waals surface area contributed by atoms with Crippen LogP contribution in [0.1, 0.15) is 189 Å². The second kappa shape index (κ2) is 22.1. The highest BCUT2D eigenvalue weighted by Gasteiger charge is 2.33. The topological polar surface area (TPSA) is 68.3 Å². The molecule has 0 N–H and O–H groups in total.